The molecule has 1 amide bonds. The van der Waals surface area contributed by atoms with E-state index < -0.39 is 5.72 Å². The highest BCUT2D eigenvalue weighted by Crippen LogP contribution is 2.41. The van der Waals surface area contributed by atoms with Crippen LogP contribution in [0.3, 0.4) is 0 Å². The van der Waals surface area contributed by atoms with Gasteiger partial charge in [-0.15, -0.1) is 0 Å². The van der Waals surface area contributed by atoms with E-state index in [4.69, 9.17) is 0 Å². The summed E-state index contributed by atoms with van der Waals surface area (Å²) in [7, 11) is 0. The first-order valence-electron chi connectivity index (χ1n) is 8.18. The van der Waals surface area contributed by atoms with Gasteiger partial charge in [0.2, 0.25) is 0 Å². The summed E-state index contributed by atoms with van der Waals surface area (Å²) >= 11 is 0. The van der Waals surface area contributed by atoms with Crippen LogP contribution in [0, 0.1) is 12.8 Å². The lowest BCUT2D eigenvalue weighted by Crippen LogP contribution is -2.52. The van der Waals surface area contributed by atoms with Gasteiger partial charge in [0.1, 0.15) is 0 Å². The maximum Gasteiger partial charge on any atom is 0.276 e. The topological polar surface area (TPSA) is 52.9 Å². The summed E-state index contributed by atoms with van der Waals surface area (Å²) in [6, 6.07) is 7.45. The fraction of sp³-hybridized carbons (Fsp3) is 0.556. The number of nitrogens with zero attached hydrogens (tertiary/aromatic N) is 2. The van der Waals surface area contributed by atoms with Crippen LogP contribution in [-0.2, 0) is 0 Å². The first kappa shape index (κ1) is 15.2. The molecular formula is C18H24N2O2. The normalized spacial score (nSPS) is 26.1. The number of aliphatic hydroxyl groups is 1. The quantitative estimate of drug-likeness (QED) is 0.909. The van der Waals surface area contributed by atoms with Crippen LogP contribution >= 0.6 is 0 Å². The Bertz CT molecular complexity index is 588. The number of aryl methyl sites for hydroxylation is 1. The first-order chi connectivity index (χ1) is 10.5. The molecule has 1 heterocycles. The minimum absolute atomic E-state index is 0.122. The third kappa shape index (κ3) is 2.68. The standard InChI is InChI=1S/C18H24N2O2/c1-13-8-10-15(11-9-13)17(21)20-18(22,12-14(2)19-20)16-6-4-3-5-7-16/h8-11,16,22H,3-7,12H2,1-2H3. The second kappa shape index (κ2) is 5.84. The summed E-state index contributed by atoms with van der Waals surface area (Å²) < 4.78 is 0. The van der Waals surface area contributed by atoms with E-state index in [1.54, 1.807) is 0 Å². The van der Waals surface area contributed by atoms with Crippen molar-refractivity contribution in [2.75, 3.05) is 0 Å². The van der Waals surface area contributed by atoms with Crippen molar-refractivity contribution in [1.29, 1.82) is 0 Å². The first-order valence-corrected chi connectivity index (χ1v) is 8.18. The molecule has 4 nitrogen and oxygen atoms in total. The summed E-state index contributed by atoms with van der Waals surface area (Å²) in [5.74, 6) is -0.0817. The third-order valence-corrected chi connectivity index (χ3v) is 4.90. The number of amides is 1. The minimum atomic E-state index is -1.15. The molecule has 0 saturated heterocycles. The van der Waals surface area contributed by atoms with Gasteiger partial charge in [0, 0.05) is 23.6 Å². The fourth-order valence-electron chi connectivity index (χ4n) is 3.67. The highest BCUT2D eigenvalue weighted by Gasteiger charge is 2.49. The summed E-state index contributed by atoms with van der Waals surface area (Å²) in [5.41, 5.74) is 1.37. The van der Waals surface area contributed by atoms with Crippen LogP contribution in [0.2, 0.25) is 0 Å². The zero-order valence-corrected chi connectivity index (χ0v) is 13.4. The molecule has 1 N–H and O–H groups in total. The summed E-state index contributed by atoms with van der Waals surface area (Å²) in [5, 5.41) is 16.9. The van der Waals surface area contributed by atoms with Gasteiger partial charge in [0.25, 0.3) is 5.91 Å². The van der Waals surface area contributed by atoms with Crippen LogP contribution in [0.4, 0.5) is 0 Å². The van der Waals surface area contributed by atoms with Crippen LogP contribution in [-0.4, -0.2) is 27.5 Å². The lowest BCUT2D eigenvalue weighted by Gasteiger charge is -2.40. The van der Waals surface area contributed by atoms with Gasteiger partial charge in [0.05, 0.1) is 0 Å². The molecule has 1 aliphatic carbocycles. The molecule has 1 atom stereocenters. The van der Waals surface area contributed by atoms with E-state index in [0.717, 1.165) is 37.0 Å². The molecule has 0 bridgehead atoms. The van der Waals surface area contributed by atoms with Crippen LogP contribution < -0.4 is 0 Å². The monoisotopic (exact) mass is 300 g/mol. The molecule has 1 aromatic rings. The molecule has 0 radical (unpaired) electrons. The summed E-state index contributed by atoms with van der Waals surface area (Å²) in [6.07, 6.45) is 5.87. The van der Waals surface area contributed by atoms with Crippen molar-refractivity contribution in [3.63, 3.8) is 0 Å². The van der Waals surface area contributed by atoms with Crippen molar-refractivity contribution in [1.82, 2.24) is 5.01 Å². The smallest absolute Gasteiger partial charge is 0.276 e. The number of hydrazone groups is 1. The van der Waals surface area contributed by atoms with Crippen molar-refractivity contribution in [2.45, 2.75) is 58.1 Å². The van der Waals surface area contributed by atoms with Crippen LogP contribution in [0.15, 0.2) is 29.4 Å². The predicted molar refractivity (Wildman–Crippen MR) is 86.6 cm³/mol. The van der Waals surface area contributed by atoms with E-state index in [1.807, 2.05) is 38.1 Å². The van der Waals surface area contributed by atoms with Gasteiger partial charge in [-0.1, -0.05) is 37.0 Å². The fourth-order valence-corrected chi connectivity index (χ4v) is 3.67. The van der Waals surface area contributed by atoms with E-state index in [9.17, 15) is 9.90 Å². The lowest BCUT2D eigenvalue weighted by atomic mass is 9.79. The Labute approximate surface area is 131 Å². The van der Waals surface area contributed by atoms with Gasteiger partial charge in [-0.3, -0.25) is 4.79 Å². The number of hydrogen-bond acceptors (Lipinski definition) is 3. The molecule has 3 rings (SSSR count). The Morgan fingerprint density at radius 3 is 2.45 bits per heavy atom. The van der Waals surface area contributed by atoms with E-state index in [-0.39, 0.29) is 11.8 Å². The molecule has 1 aromatic carbocycles. The zero-order chi connectivity index (χ0) is 15.7. The second-order valence-electron chi connectivity index (χ2n) is 6.71. The van der Waals surface area contributed by atoms with Crippen molar-refractivity contribution < 1.29 is 9.90 Å². The molecule has 1 unspecified atom stereocenters. The average molecular weight is 300 g/mol. The van der Waals surface area contributed by atoms with Crippen molar-refractivity contribution in [3.05, 3.63) is 35.4 Å². The van der Waals surface area contributed by atoms with Crippen molar-refractivity contribution in [2.24, 2.45) is 11.0 Å². The number of carbonyl (C=O) groups excluding carboxylic acids is 1. The second-order valence-corrected chi connectivity index (χ2v) is 6.71. The van der Waals surface area contributed by atoms with Gasteiger partial charge in [-0.25, -0.2) is 0 Å². The summed E-state index contributed by atoms with van der Waals surface area (Å²) in [4.78, 5) is 12.8. The number of benzene rings is 1. The van der Waals surface area contributed by atoms with E-state index >= 15 is 0 Å². The zero-order valence-electron chi connectivity index (χ0n) is 13.4. The SMILES string of the molecule is CC1=NN(C(=O)c2ccc(C)cc2)C(O)(C2CCCCC2)C1. The molecule has 0 aromatic heterocycles. The van der Waals surface area contributed by atoms with E-state index in [2.05, 4.69) is 5.10 Å². The minimum Gasteiger partial charge on any atom is -0.368 e. The molecule has 1 aliphatic heterocycles. The van der Waals surface area contributed by atoms with Gasteiger partial charge >= 0.3 is 0 Å². The molecule has 1 fully saturated rings. The predicted octanol–water partition coefficient (Wildman–Crippen LogP) is 3.49. The van der Waals surface area contributed by atoms with E-state index in [1.165, 1.54) is 11.4 Å². The number of hydrogen-bond donors (Lipinski definition) is 1. The Balaban J connectivity index is 1.88. The van der Waals surface area contributed by atoms with Gasteiger partial charge in [0.15, 0.2) is 5.72 Å². The molecule has 2 aliphatic rings. The molecule has 118 valence electrons. The number of rotatable bonds is 2. The Morgan fingerprint density at radius 2 is 1.82 bits per heavy atom. The highest BCUT2D eigenvalue weighted by atomic mass is 16.3. The highest BCUT2D eigenvalue weighted by molar-refractivity contribution is 5.97. The van der Waals surface area contributed by atoms with Crippen LogP contribution in [0.1, 0.15) is 61.4 Å². The molecule has 1 saturated carbocycles. The average Bonchev–Trinajstić information content (AvgIpc) is 2.84. The van der Waals surface area contributed by atoms with Gasteiger partial charge in [-0.05, 0) is 38.8 Å². The lowest BCUT2D eigenvalue weighted by molar-refractivity contribution is -0.122. The van der Waals surface area contributed by atoms with Crippen molar-refractivity contribution >= 4 is 11.6 Å². The molecule has 0 spiro atoms. The molecule has 22 heavy (non-hydrogen) atoms. The van der Waals surface area contributed by atoms with Crippen LogP contribution in [0.5, 0.6) is 0 Å². The number of carbonyl (C=O) groups is 1. The van der Waals surface area contributed by atoms with Crippen molar-refractivity contribution in [3.8, 4) is 0 Å². The third-order valence-electron chi connectivity index (χ3n) is 4.90. The van der Waals surface area contributed by atoms with Crippen LogP contribution in [0.25, 0.3) is 0 Å². The molecular weight excluding hydrogens is 276 g/mol. The van der Waals surface area contributed by atoms with E-state index in [0.29, 0.717) is 12.0 Å². The Hall–Kier alpha value is -1.68. The van der Waals surface area contributed by atoms with Gasteiger partial charge < -0.3 is 5.11 Å². The molecule has 4 heteroatoms. The maximum atomic E-state index is 12.8. The maximum absolute atomic E-state index is 12.8. The summed E-state index contributed by atoms with van der Waals surface area (Å²) in [6.45, 7) is 3.88. The van der Waals surface area contributed by atoms with Gasteiger partial charge in [-0.2, -0.15) is 10.1 Å². The Kier molecular flexibility index (Phi) is 4.04. The largest absolute Gasteiger partial charge is 0.368 e. The Morgan fingerprint density at radius 1 is 1.18 bits per heavy atom.